The molecular formula is C18H30O4. The van der Waals surface area contributed by atoms with E-state index in [0.717, 1.165) is 25.3 Å². The Morgan fingerprint density at radius 3 is 2.36 bits per heavy atom. The smallest absolute Gasteiger partial charge is 0.329 e. The van der Waals surface area contributed by atoms with Crippen molar-refractivity contribution in [3.05, 3.63) is 25.3 Å². The van der Waals surface area contributed by atoms with Crippen molar-refractivity contribution >= 4 is 11.9 Å². The molecule has 126 valence electrons. The molecule has 0 aliphatic heterocycles. The molecule has 1 aliphatic carbocycles. The third-order valence-corrected chi connectivity index (χ3v) is 3.93. The number of unbranched alkanes of at least 4 members (excludes halogenated alkanes) is 1. The van der Waals surface area contributed by atoms with E-state index in [1.165, 1.54) is 33.3 Å². The van der Waals surface area contributed by atoms with Crippen LogP contribution in [0.25, 0.3) is 0 Å². The van der Waals surface area contributed by atoms with Crippen molar-refractivity contribution in [2.24, 2.45) is 11.8 Å². The minimum absolute atomic E-state index is 0.126. The lowest BCUT2D eigenvalue weighted by Crippen LogP contribution is -2.34. The van der Waals surface area contributed by atoms with E-state index >= 15 is 0 Å². The summed E-state index contributed by atoms with van der Waals surface area (Å²) >= 11 is 0. The van der Waals surface area contributed by atoms with Crippen LogP contribution in [0.5, 0.6) is 0 Å². The van der Waals surface area contributed by atoms with Gasteiger partial charge in [0.25, 0.3) is 0 Å². The largest absolute Gasteiger partial charge is 0.466 e. The molecule has 0 N–H and O–H groups in total. The van der Waals surface area contributed by atoms with Crippen LogP contribution in [-0.2, 0) is 19.1 Å². The number of carbonyl (C=O) groups is 2. The first-order chi connectivity index (χ1) is 10.5. The molecular weight excluding hydrogens is 280 g/mol. The topological polar surface area (TPSA) is 52.6 Å². The second-order valence-corrected chi connectivity index (χ2v) is 5.51. The first-order valence-corrected chi connectivity index (χ1v) is 8.00. The molecule has 0 aromatic rings. The van der Waals surface area contributed by atoms with Crippen LogP contribution in [0.4, 0.5) is 0 Å². The lowest BCUT2D eigenvalue weighted by atomic mass is 9.75. The Bertz CT molecular complexity index is 362. The van der Waals surface area contributed by atoms with Crippen LogP contribution in [0.1, 0.15) is 52.4 Å². The summed E-state index contributed by atoms with van der Waals surface area (Å²) < 4.78 is 9.59. The number of hydrogen-bond donors (Lipinski definition) is 0. The molecule has 0 aromatic heterocycles. The Balaban J connectivity index is 0.000000626. The van der Waals surface area contributed by atoms with Gasteiger partial charge in [-0.15, -0.1) is 6.58 Å². The predicted molar refractivity (Wildman–Crippen MR) is 88.3 cm³/mol. The van der Waals surface area contributed by atoms with Crippen LogP contribution in [0.15, 0.2) is 25.3 Å². The first-order valence-electron chi connectivity index (χ1n) is 8.00. The Labute approximate surface area is 134 Å². The number of ether oxygens (including phenoxy) is 2. The molecule has 0 aromatic carbocycles. The average molecular weight is 310 g/mol. The minimum Gasteiger partial charge on any atom is -0.466 e. The molecule has 0 amide bonds. The highest BCUT2D eigenvalue weighted by Gasteiger charge is 2.32. The van der Waals surface area contributed by atoms with Gasteiger partial charge in [0.1, 0.15) is 6.10 Å². The maximum atomic E-state index is 11.1. The first kappa shape index (κ1) is 20.4. The Kier molecular flexibility index (Phi) is 11.2. The number of methoxy groups -OCH3 is 1. The molecule has 1 rings (SSSR count). The fraction of sp³-hybridized carbons (Fsp3) is 0.667. The number of carbonyl (C=O) groups excluding carboxylic acids is 2. The van der Waals surface area contributed by atoms with E-state index < -0.39 is 5.97 Å². The summed E-state index contributed by atoms with van der Waals surface area (Å²) in [5.74, 6) is 0.492. The summed E-state index contributed by atoms with van der Waals surface area (Å²) in [4.78, 5) is 20.9. The fourth-order valence-electron chi connectivity index (χ4n) is 2.83. The van der Waals surface area contributed by atoms with E-state index in [4.69, 9.17) is 4.74 Å². The molecule has 1 saturated carbocycles. The zero-order chi connectivity index (χ0) is 17.0. The highest BCUT2D eigenvalue weighted by Crippen LogP contribution is 2.36. The van der Waals surface area contributed by atoms with Crippen molar-refractivity contribution < 1.29 is 19.1 Å². The van der Waals surface area contributed by atoms with Crippen LogP contribution < -0.4 is 0 Å². The van der Waals surface area contributed by atoms with Gasteiger partial charge in [0.15, 0.2) is 0 Å². The SMILES string of the molecule is C=CC(=O)OC.C=CC1CCCC(OC(C)=O)C1CCCC. The molecule has 0 saturated heterocycles. The zero-order valence-corrected chi connectivity index (χ0v) is 14.2. The summed E-state index contributed by atoms with van der Waals surface area (Å²) in [6, 6.07) is 0. The molecule has 22 heavy (non-hydrogen) atoms. The molecule has 0 heterocycles. The van der Waals surface area contributed by atoms with Crippen LogP contribution in [0, 0.1) is 11.8 Å². The highest BCUT2D eigenvalue weighted by atomic mass is 16.5. The number of allylic oxidation sites excluding steroid dienone is 1. The molecule has 3 atom stereocenters. The molecule has 3 unspecified atom stereocenters. The third kappa shape index (κ3) is 8.01. The van der Waals surface area contributed by atoms with Crippen LogP contribution in [0.2, 0.25) is 0 Å². The van der Waals surface area contributed by atoms with Crippen molar-refractivity contribution in [2.75, 3.05) is 7.11 Å². The summed E-state index contributed by atoms with van der Waals surface area (Å²) in [6.07, 6.45) is 10.2. The number of hydrogen-bond acceptors (Lipinski definition) is 4. The van der Waals surface area contributed by atoms with Gasteiger partial charge < -0.3 is 9.47 Å². The van der Waals surface area contributed by atoms with Gasteiger partial charge in [-0.05, 0) is 31.6 Å². The van der Waals surface area contributed by atoms with Crippen LogP contribution in [-0.4, -0.2) is 25.2 Å². The maximum absolute atomic E-state index is 11.1. The van der Waals surface area contributed by atoms with Gasteiger partial charge in [-0.1, -0.05) is 32.4 Å². The molecule has 0 bridgehead atoms. The second kappa shape index (κ2) is 12.0. The van der Waals surface area contributed by atoms with E-state index in [2.05, 4.69) is 30.9 Å². The normalized spacial score (nSPS) is 23.5. The van der Waals surface area contributed by atoms with Gasteiger partial charge in [0.05, 0.1) is 7.11 Å². The van der Waals surface area contributed by atoms with E-state index in [1.54, 1.807) is 0 Å². The number of esters is 2. The Morgan fingerprint density at radius 2 is 1.95 bits per heavy atom. The zero-order valence-electron chi connectivity index (χ0n) is 14.2. The van der Waals surface area contributed by atoms with Gasteiger partial charge in [0.2, 0.25) is 0 Å². The lowest BCUT2D eigenvalue weighted by Gasteiger charge is -2.36. The maximum Gasteiger partial charge on any atom is 0.329 e. The van der Waals surface area contributed by atoms with Crippen molar-refractivity contribution in [1.82, 2.24) is 0 Å². The quantitative estimate of drug-likeness (QED) is 0.422. The van der Waals surface area contributed by atoms with Crippen molar-refractivity contribution in [1.29, 1.82) is 0 Å². The van der Waals surface area contributed by atoms with E-state index in [-0.39, 0.29) is 12.1 Å². The fourth-order valence-corrected chi connectivity index (χ4v) is 2.83. The monoisotopic (exact) mass is 310 g/mol. The third-order valence-electron chi connectivity index (χ3n) is 3.93. The van der Waals surface area contributed by atoms with E-state index in [0.29, 0.717) is 11.8 Å². The highest BCUT2D eigenvalue weighted by molar-refractivity contribution is 5.80. The van der Waals surface area contributed by atoms with Gasteiger partial charge in [-0.3, -0.25) is 4.79 Å². The molecule has 1 aliphatic rings. The summed E-state index contributed by atoms with van der Waals surface area (Å²) in [5.41, 5.74) is 0. The van der Waals surface area contributed by atoms with Crippen LogP contribution in [0.3, 0.4) is 0 Å². The van der Waals surface area contributed by atoms with Crippen molar-refractivity contribution in [3.63, 3.8) is 0 Å². The molecule has 0 spiro atoms. The standard InChI is InChI=1S/C14H24O2.C4H6O2/c1-4-6-9-13-12(5-2)8-7-10-14(13)16-11(3)15;1-3-4(5)6-2/h5,12-14H,2,4,6-10H2,1,3H3;3H,1H2,2H3. The van der Waals surface area contributed by atoms with Gasteiger partial charge in [-0.2, -0.15) is 0 Å². The molecule has 0 radical (unpaired) electrons. The second-order valence-electron chi connectivity index (χ2n) is 5.51. The van der Waals surface area contributed by atoms with Crippen LogP contribution >= 0.6 is 0 Å². The minimum atomic E-state index is -0.394. The molecule has 4 heteroatoms. The molecule has 4 nitrogen and oxygen atoms in total. The van der Waals surface area contributed by atoms with Crippen molar-refractivity contribution in [2.45, 2.75) is 58.5 Å². The molecule has 1 fully saturated rings. The number of rotatable bonds is 6. The van der Waals surface area contributed by atoms with Gasteiger partial charge >= 0.3 is 11.9 Å². The van der Waals surface area contributed by atoms with E-state index in [9.17, 15) is 9.59 Å². The Morgan fingerprint density at radius 1 is 1.27 bits per heavy atom. The summed E-state index contributed by atoms with van der Waals surface area (Å²) in [7, 11) is 1.31. The summed E-state index contributed by atoms with van der Waals surface area (Å²) in [5, 5.41) is 0. The lowest BCUT2D eigenvalue weighted by molar-refractivity contribution is -0.152. The Hall–Kier alpha value is -1.58. The summed E-state index contributed by atoms with van der Waals surface area (Å²) in [6.45, 7) is 10.8. The van der Waals surface area contributed by atoms with E-state index in [1.807, 2.05) is 0 Å². The van der Waals surface area contributed by atoms with Crippen molar-refractivity contribution in [3.8, 4) is 0 Å². The average Bonchev–Trinajstić information content (AvgIpc) is 2.52. The van der Waals surface area contributed by atoms with Gasteiger partial charge in [0, 0.05) is 18.9 Å². The predicted octanol–water partition coefficient (Wildman–Crippen LogP) is 4.06. The van der Waals surface area contributed by atoms with Gasteiger partial charge in [-0.25, -0.2) is 4.79 Å².